The van der Waals surface area contributed by atoms with E-state index < -0.39 is 28.1 Å². The Hall–Kier alpha value is -8.96. The number of hydrogen-bond donors (Lipinski definition) is 0. The van der Waals surface area contributed by atoms with Crippen LogP contribution in [0, 0.1) is 10.1 Å². The molecule has 0 saturated carbocycles. The summed E-state index contributed by atoms with van der Waals surface area (Å²) < 4.78 is 21.0. The second-order valence-corrected chi connectivity index (χ2v) is 20.4. The van der Waals surface area contributed by atoms with Gasteiger partial charge < -0.3 is 18.8 Å². The lowest BCUT2D eigenvalue weighted by atomic mass is 9.77. The number of rotatable bonds is 20. The minimum Gasteiger partial charge on any atom is -0.461 e. The number of carbonyl (C=O) groups is 2. The second kappa shape index (κ2) is 23.9. The van der Waals surface area contributed by atoms with Gasteiger partial charge in [-0.2, -0.15) is 11.8 Å². The minimum atomic E-state index is -0.926. The first kappa shape index (κ1) is 53.9. The first-order chi connectivity index (χ1) is 37.8. The molecule has 0 spiro atoms. The SMILES string of the molecule is CCCc1nc(CSCc2ccc(Oc3ccc([N+](=O)[O-])c(N(C)C(=O)OC(C)(C)C)c3)nc2)c(C(=O)OCC)n1Cc1ccc(-c2ccccc2-c2nnnn2C(c2ccccc2)(c2ccccc2)c2ccccc2)cc1. The lowest BCUT2D eigenvalue weighted by Crippen LogP contribution is -2.39. The summed E-state index contributed by atoms with van der Waals surface area (Å²) >= 11 is 1.59. The number of aryl methyl sites for hydroxylation is 1. The number of amides is 1. The number of benzene rings is 6. The van der Waals surface area contributed by atoms with E-state index in [4.69, 9.17) is 29.5 Å². The molecule has 0 N–H and O–H groups in total. The Labute approximate surface area is 457 Å². The van der Waals surface area contributed by atoms with Gasteiger partial charge in [-0.15, -0.1) is 5.10 Å². The van der Waals surface area contributed by atoms with Crippen LogP contribution < -0.4 is 9.64 Å². The topological polar surface area (TPSA) is 183 Å². The third-order valence-electron chi connectivity index (χ3n) is 12.9. The zero-order valence-electron chi connectivity index (χ0n) is 44.3. The molecule has 17 heteroatoms. The van der Waals surface area contributed by atoms with E-state index in [0.29, 0.717) is 41.7 Å². The summed E-state index contributed by atoms with van der Waals surface area (Å²) in [7, 11) is 1.40. The van der Waals surface area contributed by atoms with Gasteiger partial charge in [0.05, 0.1) is 17.2 Å². The first-order valence-electron chi connectivity index (χ1n) is 25.6. The predicted octanol–water partition coefficient (Wildman–Crippen LogP) is 13.1. The van der Waals surface area contributed by atoms with Crippen LogP contribution >= 0.6 is 11.8 Å². The second-order valence-electron chi connectivity index (χ2n) is 19.4. The van der Waals surface area contributed by atoms with Gasteiger partial charge in [-0.05, 0) is 89.6 Å². The van der Waals surface area contributed by atoms with Gasteiger partial charge in [-0.25, -0.2) is 24.2 Å². The van der Waals surface area contributed by atoms with Gasteiger partial charge in [-0.1, -0.05) is 153 Å². The van der Waals surface area contributed by atoms with E-state index in [0.717, 1.165) is 61.7 Å². The Morgan fingerprint density at radius 2 is 1.36 bits per heavy atom. The smallest absolute Gasteiger partial charge is 0.414 e. The molecule has 16 nitrogen and oxygen atoms in total. The molecule has 78 heavy (non-hydrogen) atoms. The third kappa shape index (κ3) is 11.7. The molecule has 0 unspecified atom stereocenters. The first-order valence-corrected chi connectivity index (χ1v) is 26.8. The number of thioether (sulfide) groups is 1. The van der Waals surface area contributed by atoms with Gasteiger partial charge in [0.25, 0.3) is 5.69 Å². The zero-order chi connectivity index (χ0) is 54.8. The summed E-state index contributed by atoms with van der Waals surface area (Å²) in [5, 5.41) is 25.8. The number of anilines is 1. The summed E-state index contributed by atoms with van der Waals surface area (Å²) in [4.78, 5) is 48.6. The molecule has 0 bridgehead atoms. The lowest BCUT2D eigenvalue weighted by molar-refractivity contribution is -0.384. The maximum absolute atomic E-state index is 13.9. The lowest BCUT2D eigenvalue weighted by Gasteiger charge is -2.36. The highest BCUT2D eigenvalue weighted by molar-refractivity contribution is 7.97. The molecule has 9 rings (SSSR count). The average Bonchev–Trinajstić information content (AvgIpc) is 4.24. The number of esters is 1. The van der Waals surface area contributed by atoms with Gasteiger partial charge in [0, 0.05) is 61.5 Å². The van der Waals surface area contributed by atoms with E-state index in [2.05, 4.69) is 89.9 Å². The molecule has 0 aliphatic rings. The predicted molar refractivity (Wildman–Crippen MR) is 302 cm³/mol. The standard InChI is InChI=1S/C61H59N9O7S/c1-7-20-54-63-51(41-78-40-43-31-36-55(62-38-43)76-48-34-35-52(70(73)74)53(37-48)67(6)59(72)77-60(3,4)5)56(58(71)75-8-2)68(54)39-42-29-32-44(33-30-42)49-27-18-19-28-50(49)57-64-65-66-69(57)61(45-21-12-9-13-22-45,46-23-14-10-15-24-46)47-25-16-11-17-26-47/h9-19,21-38H,7-8,20,39-41H2,1-6H3. The number of imidazole rings is 1. The highest BCUT2D eigenvalue weighted by Gasteiger charge is 2.42. The molecule has 0 aliphatic heterocycles. The van der Waals surface area contributed by atoms with E-state index >= 15 is 0 Å². The Balaban J connectivity index is 0.948. The Morgan fingerprint density at radius 3 is 1.94 bits per heavy atom. The van der Waals surface area contributed by atoms with Crippen molar-refractivity contribution in [3.63, 3.8) is 0 Å². The number of hydrogen-bond acceptors (Lipinski definition) is 13. The Kier molecular flexibility index (Phi) is 16.5. The molecule has 3 heterocycles. The van der Waals surface area contributed by atoms with Crippen molar-refractivity contribution in [2.45, 2.75) is 76.7 Å². The van der Waals surface area contributed by atoms with Crippen LogP contribution in [0.4, 0.5) is 16.2 Å². The van der Waals surface area contributed by atoms with Crippen LogP contribution in [0.5, 0.6) is 11.6 Å². The van der Waals surface area contributed by atoms with E-state index in [1.54, 1.807) is 51.7 Å². The van der Waals surface area contributed by atoms with Gasteiger partial charge in [-0.3, -0.25) is 15.0 Å². The van der Waals surface area contributed by atoms with Gasteiger partial charge in [0.2, 0.25) is 5.88 Å². The van der Waals surface area contributed by atoms with Crippen LogP contribution in [0.1, 0.15) is 90.9 Å². The Bertz CT molecular complexity index is 3420. The highest BCUT2D eigenvalue weighted by Crippen LogP contribution is 2.44. The van der Waals surface area contributed by atoms with Crippen molar-refractivity contribution in [2.75, 3.05) is 18.6 Å². The van der Waals surface area contributed by atoms with Crippen LogP contribution in [-0.4, -0.2) is 71.0 Å². The number of aromatic nitrogens is 7. The van der Waals surface area contributed by atoms with E-state index in [1.807, 2.05) is 82.0 Å². The fourth-order valence-corrected chi connectivity index (χ4v) is 10.3. The van der Waals surface area contributed by atoms with Crippen molar-refractivity contribution < 1.29 is 28.7 Å². The molecule has 0 fully saturated rings. The summed E-state index contributed by atoms with van der Waals surface area (Å²) in [6, 6.07) is 55.2. The normalized spacial score (nSPS) is 11.5. The number of nitro benzene ring substituents is 1. The van der Waals surface area contributed by atoms with Crippen LogP contribution in [0.15, 0.2) is 176 Å². The minimum absolute atomic E-state index is 0.00752. The summed E-state index contributed by atoms with van der Waals surface area (Å²) in [6.07, 6.45) is 2.42. The molecule has 9 aromatic rings. The number of nitrogens with zero attached hydrogens (tertiary/aromatic N) is 9. The number of carbonyl (C=O) groups excluding carboxylic acids is 2. The molecule has 0 radical (unpaired) electrons. The maximum atomic E-state index is 13.9. The van der Waals surface area contributed by atoms with Crippen molar-refractivity contribution in [1.82, 2.24) is 34.7 Å². The van der Waals surface area contributed by atoms with Crippen molar-refractivity contribution in [2.24, 2.45) is 0 Å². The van der Waals surface area contributed by atoms with E-state index in [-0.39, 0.29) is 29.6 Å². The fraction of sp³-hybridized carbons (Fsp3) is 0.230. The molecular weight excluding hydrogens is 1000 g/mol. The van der Waals surface area contributed by atoms with Crippen LogP contribution in [0.25, 0.3) is 22.5 Å². The fourth-order valence-electron chi connectivity index (χ4n) is 9.42. The number of ether oxygens (including phenoxy) is 3. The van der Waals surface area contributed by atoms with E-state index in [1.165, 1.54) is 25.2 Å². The number of nitro groups is 1. The molecule has 396 valence electrons. The zero-order valence-corrected chi connectivity index (χ0v) is 45.1. The maximum Gasteiger partial charge on any atom is 0.414 e. The van der Waals surface area contributed by atoms with Crippen LogP contribution in [0.2, 0.25) is 0 Å². The molecule has 1 amide bonds. The Morgan fingerprint density at radius 1 is 0.744 bits per heavy atom. The average molecular weight is 1060 g/mol. The third-order valence-corrected chi connectivity index (χ3v) is 13.9. The quantitative estimate of drug-likeness (QED) is 0.0304. The molecule has 0 aliphatic carbocycles. The summed E-state index contributed by atoms with van der Waals surface area (Å²) in [5.41, 5.74) is 6.72. The van der Waals surface area contributed by atoms with Gasteiger partial charge in [0.15, 0.2) is 11.5 Å². The number of pyridine rings is 1. The monoisotopic (exact) mass is 1060 g/mol. The summed E-state index contributed by atoms with van der Waals surface area (Å²) in [5.74, 6) is 2.45. The molecule has 0 saturated heterocycles. The van der Waals surface area contributed by atoms with Crippen LogP contribution in [-0.2, 0) is 39.5 Å². The molecular formula is C61H59N9O7S. The van der Waals surface area contributed by atoms with Gasteiger partial charge >= 0.3 is 12.1 Å². The van der Waals surface area contributed by atoms with Crippen molar-refractivity contribution >= 4 is 35.2 Å². The molecule has 3 aromatic heterocycles. The largest absolute Gasteiger partial charge is 0.461 e. The summed E-state index contributed by atoms with van der Waals surface area (Å²) in [6.45, 7) is 9.63. The van der Waals surface area contributed by atoms with Crippen LogP contribution in [0.3, 0.4) is 0 Å². The molecule has 0 atom stereocenters. The van der Waals surface area contributed by atoms with Crippen molar-refractivity contribution in [1.29, 1.82) is 0 Å². The highest BCUT2D eigenvalue weighted by atomic mass is 32.2. The van der Waals surface area contributed by atoms with Crippen molar-refractivity contribution in [3.05, 3.63) is 231 Å². The number of tetrazole rings is 1. The van der Waals surface area contributed by atoms with Crippen molar-refractivity contribution in [3.8, 4) is 34.1 Å². The molecule has 6 aromatic carbocycles. The van der Waals surface area contributed by atoms with E-state index in [9.17, 15) is 19.7 Å². The van der Waals surface area contributed by atoms with Gasteiger partial charge in [0.1, 0.15) is 28.4 Å².